The van der Waals surface area contributed by atoms with E-state index in [0.717, 1.165) is 16.4 Å². The topological polar surface area (TPSA) is 29.5 Å². The summed E-state index contributed by atoms with van der Waals surface area (Å²) in [5, 5.41) is 1.81. The molecule has 0 fully saturated rings. The molecule has 1 atom stereocenters. The molecule has 0 saturated heterocycles. The molecule has 0 aliphatic carbocycles. The molecule has 1 unspecified atom stereocenters. The first-order valence-corrected chi connectivity index (χ1v) is 6.88. The van der Waals surface area contributed by atoms with Gasteiger partial charge in [0.15, 0.2) is 0 Å². The van der Waals surface area contributed by atoms with Crippen LogP contribution in [0.1, 0.15) is 6.92 Å². The molecule has 2 aromatic rings. The maximum atomic E-state index is 10.4. The number of hydrogen-bond donors (Lipinski definition) is 1. The number of hydrogen-bond acceptors (Lipinski definition) is 2. The maximum absolute atomic E-state index is 10.4. The zero-order chi connectivity index (χ0) is 12.1. The summed E-state index contributed by atoms with van der Waals surface area (Å²) in [6.07, 6.45) is 0. The molecule has 2 rings (SSSR count). The molecular weight excluding hydrogens is 231 g/mol. The third-order valence-corrected chi connectivity index (χ3v) is 4.01. The van der Waals surface area contributed by atoms with Gasteiger partial charge in [0.1, 0.15) is 5.75 Å². The van der Waals surface area contributed by atoms with Crippen molar-refractivity contribution in [2.75, 3.05) is 6.61 Å². The van der Waals surface area contributed by atoms with Crippen molar-refractivity contribution in [1.82, 2.24) is 0 Å². The van der Waals surface area contributed by atoms with E-state index in [1.807, 2.05) is 61.5 Å². The molecular formula is C14H15O2P. The number of ether oxygens (including phenoxy) is 1. The van der Waals surface area contributed by atoms with Gasteiger partial charge in [0.05, 0.1) is 14.8 Å². The van der Waals surface area contributed by atoms with Gasteiger partial charge in [-0.05, 0) is 19.1 Å². The second kappa shape index (κ2) is 5.81. The fourth-order valence-electron chi connectivity index (χ4n) is 1.62. The fraction of sp³-hybridized carbons (Fsp3) is 0.143. The molecule has 0 aromatic heterocycles. The summed E-state index contributed by atoms with van der Waals surface area (Å²) in [7, 11) is -1.33. The first kappa shape index (κ1) is 12.1. The largest absolute Gasteiger partial charge is 0.493 e. The number of para-hydroxylation sites is 1. The zero-order valence-electron chi connectivity index (χ0n) is 9.71. The third kappa shape index (κ3) is 2.85. The SMILES string of the molecule is CCOc1ccccc1P(O)c1ccccc1. The molecule has 0 amide bonds. The zero-order valence-corrected chi connectivity index (χ0v) is 10.6. The van der Waals surface area contributed by atoms with Gasteiger partial charge in [0.2, 0.25) is 0 Å². The minimum absolute atomic E-state index is 0.606. The van der Waals surface area contributed by atoms with Crippen LogP contribution in [0, 0.1) is 0 Å². The first-order chi connectivity index (χ1) is 8.33. The van der Waals surface area contributed by atoms with Gasteiger partial charge < -0.3 is 9.63 Å². The maximum Gasteiger partial charge on any atom is 0.129 e. The molecule has 2 nitrogen and oxygen atoms in total. The Morgan fingerprint density at radius 3 is 2.35 bits per heavy atom. The van der Waals surface area contributed by atoms with Crippen molar-refractivity contribution in [2.24, 2.45) is 0 Å². The van der Waals surface area contributed by atoms with E-state index in [0.29, 0.717) is 6.61 Å². The van der Waals surface area contributed by atoms with E-state index >= 15 is 0 Å². The Labute approximate surface area is 103 Å². The Morgan fingerprint density at radius 1 is 1.00 bits per heavy atom. The van der Waals surface area contributed by atoms with Gasteiger partial charge in [-0.15, -0.1) is 0 Å². The van der Waals surface area contributed by atoms with Gasteiger partial charge in [-0.25, -0.2) is 0 Å². The van der Waals surface area contributed by atoms with E-state index in [9.17, 15) is 4.89 Å². The summed E-state index contributed by atoms with van der Waals surface area (Å²) in [4.78, 5) is 10.4. The quantitative estimate of drug-likeness (QED) is 0.839. The summed E-state index contributed by atoms with van der Waals surface area (Å²) in [5.74, 6) is 0.771. The predicted octanol–water partition coefficient (Wildman–Crippen LogP) is 2.43. The molecule has 2 aromatic carbocycles. The Morgan fingerprint density at radius 2 is 1.65 bits per heavy atom. The normalized spacial score (nSPS) is 12.1. The molecule has 0 heterocycles. The molecule has 0 radical (unpaired) electrons. The van der Waals surface area contributed by atoms with Crippen molar-refractivity contribution in [1.29, 1.82) is 0 Å². The molecule has 0 spiro atoms. The molecule has 17 heavy (non-hydrogen) atoms. The van der Waals surface area contributed by atoms with Crippen LogP contribution in [0.15, 0.2) is 54.6 Å². The minimum atomic E-state index is -1.33. The van der Waals surface area contributed by atoms with Crippen LogP contribution in [0.2, 0.25) is 0 Å². The summed E-state index contributed by atoms with van der Waals surface area (Å²) >= 11 is 0. The molecule has 88 valence electrons. The Kier molecular flexibility index (Phi) is 4.13. The highest BCUT2D eigenvalue weighted by Crippen LogP contribution is 2.32. The lowest BCUT2D eigenvalue weighted by Crippen LogP contribution is -2.14. The van der Waals surface area contributed by atoms with Crippen molar-refractivity contribution < 1.29 is 9.63 Å². The smallest absolute Gasteiger partial charge is 0.129 e. The Bertz CT molecular complexity index is 471. The highest BCUT2D eigenvalue weighted by Gasteiger charge is 2.14. The molecule has 0 bridgehead atoms. The van der Waals surface area contributed by atoms with Crippen LogP contribution in [0.3, 0.4) is 0 Å². The first-order valence-electron chi connectivity index (χ1n) is 5.59. The lowest BCUT2D eigenvalue weighted by atomic mass is 10.3. The van der Waals surface area contributed by atoms with Crippen LogP contribution in [0.4, 0.5) is 0 Å². The van der Waals surface area contributed by atoms with E-state index in [4.69, 9.17) is 4.74 Å². The van der Waals surface area contributed by atoms with Gasteiger partial charge in [0, 0.05) is 10.6 Å². The molecule has 3 heteroatoms. The van der Waals surface area contributed by atoms with Crippen LogP contribution >= 0.6 is 8.15 Å². The lowest BCUT2D eigenvalue weighted by Gasteiger charge is -2.15. The second-order valence-electron chi connectivity index (χ2n) is 3.55. The minimum Gasteiger partial charge on any atom is -0.493 e. The second-order valence-corrected chi connectivity index (χ2v) is 5.17. The van der Waals surface area contributed by atoms with Crippen LogP contribution < -0.4 is 15.3 Å². The van der Waals surface area contributed by atoms with Crippen molar-refractivity contribution in [3.63, 3.8) is 0 Å². The van der Waals surface area contributed by atoms with Gasteiger partial charge in [-0.3, -0.25) is 0 Å². The molecule has 0 aliphatic heterocycles. The average Bonchev–Trinajstić information content (AvgIpc) is 2.40. The third-order valence-electron chi connectivity index (χ3n) is 2.39. The Balaban J connectivity index is 2.33. The summed E-state index contributed by atoms with van der Waals surface area (Å²) in [5.41, 5.74) is 0. The van der Waals surface area contributed by atoms with E-state index in [1.54, 1.807) is 0 Å². The number of benzene rings is 2. The van der Waals surface area contributed by atoms with E-state index in [2.05, 4.69) is 0 Å². The van der Waals surface area contributed by atoms with Crippen molar-refractivity contribution in [3.8, 4) is 5.75 Å². The van der Waals surface area contributed by atoms with Crippen molar-refractivity contribution >= 4 is 18.8 Å². The highest BCUT2D eigenvalue weighted by molar-refractivity contribution is 7.67. The average molecular weight is 246 g/mol. The van der Waals surface area contributed by atoms with E-state index < -0.39 is 8.15 Å². The van der Waals surface area contributed by atoms with Crippen LogP contribution in [-0.2, 0) is 0 Å². The predicted molar refractivity (Wildman–Crippen MR) is 72.5 cm³/mol. The van der Waals surface area contributed by atoms with Crippen LogP contribution in [0.25, 0.3) is 0 Å². The van der Waals surface area contributed by atoms with Gasteiger partial charge >= 0.3 is 0 Å². The molecule has 0 aliphatic rings. The van der Waals surface area contributed by atoms with E-state index in [-0.39, 0.29) is 0 Å². The number of rotatable bonds is 4. The van der Waals surface area contributed by atoms with Crippen molar-refractivity contribution in [3.05, 3.63) is 54.6 Å². The Hall–Kier alpha value is -1.37. The van der Waals surface area contributed by atoms with Crippen LogP contribution in [0.5, 0.6) is 5.75 Å². The van der Waals surface area contributed by atoms with Gasteiger partial charge in [-0.1, -0.05) is 42.5 Å². The molecule has 1 N–H and O–H groups in total. The van der Waals surface area contributed by atoms with Crippen LogP contribution in [-0.4, -0.2) is 11.5 Å². The lowest BCUT2D eigenvalue weighted by molar-refractivity contribution is 0.343. The summed E-state index contributed by atoms with van der Waals surface area (Å²) < 4.78 is 5.54. The fourth-order valence-corrected chi connectivity index (χ4v) is 2.93. The van der Waals surface area contributed by atoms with E-state index in [1.165, 1.54) is 0 Å². The van der Waals surface area contributed by atoms with Gasteiger partial charge in [-0.2, -0.15) is 0 Å². The summed E-state index contributed by atoms with van der Waals surface area (Å²) in [6.45, 7) is 2.55. The van der Waals surface area contributed by atoms with Gasteiger partial charge in [0.25, 0.3) is 0 Å². The molecule has 0 saturated carbocycles. The summed E-state index contributed by atoms with van der Waals surface area (Å²) in [6, 6.07) is 17.4. The standard InChI is InChI=1S/C14H15O2P/c1-2-16-13-10-6-7-11-14(13)17(15)12-8-4-3-5-9-12/h3-11,15H,2H2,1H3. The monoisotopic (exact) mass is 246 g/mol. The van der Waals surface area contributed by atoms with Crippen molar-refractivity contribution in [2.45, 2.75) is 6.92 Å². The highest BCUT2D eigenvalue weighted by atomic mass is 31.1.